The summed E-state index contributed by atoms with van der Waals surface area (Å²) in [7, 11) is 0. The Kier molecular flexibility index (Phi) is 4.88. The molecular formula is C23H22N2O5. The molecule has 3 aliphatic heterocycles. The van der Waals surface area contributed by atoms with Crippen LogP contribution < -0.4 is 14.4 Å². The monoisotopic (exact) mass is 406 g/mol. The fourth-order valence-electron chi connectivity index (χ4n) is 3.96. The highest BCUT2D eigenvalue weighted by atomic mass is 16.5. The number of nitrogens with zero attached hydrogens (tertiary/aromatic N) is 2. The van der Waals surface area contributed by atoms with Crippen LogP contribution in [0.25, 0.3) is 6.08 Å². The van der Waals surface area contributed by atoms with Crippen LogP contribution in [0, 0.1) is 0 Å². The van der Waals surface area contributed by atoms with E-state index in [0.29, 0.717) is 43.3 Å². The summed E-state index contributed by atoms with van der Waals surface area (Å²) in [6, 6.07) is 14.9. The SMILES string of the molecule is O=C(C1CN(C(=O)C2=Cc3ccccc3OC2)c2ccccc2O1)N1CCOCC1. The zero-order chi connectivity index (χ0) is 20.5. The van der Waals surface area contributed by atoms with Crippen LogP contribution in [0.1, 0.15) is 5.56 Å². The maximum absolute atomic E-state index is 13.4. The summed E-state index contributed by atoms with van der Waals surface area (Å²) in [6.07, 6.45) is 1.11. The van der Waals surface area contributed by atoms with Crippen molar-refractivity contribution < 1.29 is 23.8 Å². The molecule has 2 aromatic carbocycles. The highest BCUT2D eigenvalue weighted by Gasteiger charge is 2.37. The van der Waals surface area contributed by atoms with Gasteiger partial charge in [-0.05, 0) is 24.3 Å². The third-order valence-electron chi connectivity index (χ3n) is 5.52. The van der Waals surface area contributed by atoms with Gasteiger partial charge in [0.2, 0.25) is 0 Å². The van der Waals surface area contributed by atoms with Crippen molar-refractivity contribution >= 4 is 23.6 Å². The van der Waals surface area contributed by atoms with Gasteiger partial charge >= 0.3 is 0 Å². The predicted octanol–water partition coefficient (Wildman–Crippen LogP) is 2.12. The Labute approximate surface area is 174 Å². The number of fused-ring (bicyclic) bond motifs is 2. The number of hydrogen-bond acceptors (Lipinski definition) is 5. The summed E-state index contributed by atoms with van der Waals surface area (Å²) in [6.45, 7) is 2.44. The van der Waals surface area contributed by atoms with Crippen LogP contribution in [-0.2, 0) is 14.3 Å². The molecule has 2 aromatic rings. The lowest BCUT2D eigenvalue weighted by molar-refractivity contribution is -0.142. The molecular weight excluding hydrogens is 384 g/mol. The summed E-state index contributed by atoms with van der Waals surface area (Å²) in [4.78, 5) is 29.9. The molecule has 0 N–H and O–H groups in total. The number of anilines is 1. The van der Waals surface area contributed by atoms with E-state index in [1.807, 2.05) is 48.5 Å². The number of carbonyl (C=O) groups excluding carboxylic acids is 2. The number of benzene rings is 2. The second-order valence-corrected chi connectivity index (χ2v) is 7.42. The molecule has 3 aliphatic rings. The fraction of sp³-hybridized carbons (Fsp3) is 0.304. The van der Waals surface area contributed by atoms with Crippen molar-refractivity contribution in [3.05, 3.63) is 59.7 Å². The lowest BCUT2D eigenvalue weighted by atomic mass is 10.0. The average Bonchev–Trinajstić information content (AvgIpc) is 2.82. The molecule has 7 nitrogen and oxygen atoms in total. The van der Waals surface area contributed by atoms with E-state index in [2.05, 4.69) is 0 Å². The van der Waals surface area contributed by atoms with Crippen molar-refractivity contribution in [2.24, 2.45) is 0 Å². The third kappa shape index (κ3) is 3.41. The van der Waals surface area contributed by atoms with Crippen LogP contribution in [0.4, 0.5) is 5.69 Å². The molecule has 154 valence electrons. The molecule has 0 aliphatic carbocycles. The van der Waals surface area contributed by atoms with Crippen LogP contribution in [0.5, 0.6) is 11.5 Å². The minimum atomic E-state index is -0.751. The van der Waals surface area contributed by atoms with Gasteiger partial charge in [-0.1, -0.05) is 30.3 Å². The summed E-state index contributed by atoms with van der Waals surface area (Å²) in [5, 5.41) is 0. The first-order chi connectivity index (χ1) is 14.7. The van der Waals surface area contributed by atoms with Gasteiger partial charge in [0, 0.05) is 18.7 Å². The van der Waals surface area contributed by atoms with Gasteiger partial charge in [-0.15, -0.1) is 0 Å². The predicted molar refractivity (Wildman–Crippen MR) is 111 cm³/mol. The molecule has 3 heterocycles. The summed E-state index contributed by atoms with van der Waals surface area (Å²) in [5.74, 6) is 0.989. The van der Waals surface area contributed by atoms with E-state index in [0.717, 1.165) is 11.3 Å². The number of rotatable bonds is 2. The number of hydrogen-bond donors (Lipinski definition) is 0. The molecule has 1 unspecified atom stereocenters. The Morgan fingerprint density at radius 3 is 2.50 bits per heavy atom. The topological polar surface area (TPSA) is 68.3 Å². The zero-order valence-electron chi connectivity index (χ0n) is 16.5. The van der Waals surface area contributed by atoms with Gasteiger partial charge < -0.3 is 24.0 Å². The Bertz CT molecular complexity index is 1010. The van der Waals surface area contributed by atoms with E-state index in [4.69, 9.17) is 14.2 Å². The van der Waals surface area contributed by atoms with Crippen molar-refractivity contribution in [2.45, 2.75) is 6.10 Å². The second-order valence-electron chi connectivity index (χ2n) is 7.42. The first kappa shape index (κ1) is 18.7. The standard InChI is InChI=1S/C23H22N2O5/c26-22(17-13-16-5-1-3-7-19(16)29-15-17)25-14-21(23(27)24-9-11-28-12-10-24)30-20-8-4-2-6-18(20)25/h1-8,13,21H,9-12,14-15H2. The fourth-order valence-corrected chi connectivity index (χ4v) is 3.96. The van der Waals surface area contributed by atoms with E-state index < -0.39 is 6.10 Å². The van der Waals surface area contributed by atoms with Crippen LogP contribution in [0.2, 0.25) is 0 Å². The zero-order valence-corrected chi connectivity index (χ0v) is 16.5. The van der Waals surface area contributed by atoms with Crippen molar-refractivity contribution in [3.63, 3.8) is 0 Å². The maximum Gasteiger partial charge on any atom is 0.265 e. The molecule has 2 amide bonds. The van der Waals surface area contributed by atoms with E-state index in [9.17, 15) is 9.59 Å². The number of ether oxygens (including phenoxy) is 3. The van der Waals surface area contributed by atoms with Crippen LogP contribution >= 0.6 is 0 Å². The molecule has 1 atom stereocenters. The second kappa shape index (κ2) is 7.84. The molecule has 7 heteroatoms. The van der Waals surface area contributed by atoms with Gasteiger partial charge in [0.15, 0.2) is 6.10 Å². The molecule has 0 aromatic heterocycles. The Morgan fingerprint density at radius 1 is 0.933 bits per heavy atom. The molecule has 30 heavy (non-hydrogen) atoms. The van der Waals surface area contributed by atoms with Crippen molar-refractivity contribution in [2.75, 3.05) is 44.4 Å². The lowest BCUT2D eigenvalue weighted by Gasteiger charge is -2.37. The Balaban J connectivity index is 1.44. The van der Waals surface area contributed by atoms with Crippen molar-refractivity contribution in [1.82, 2.24) is 4.90 Å². The molecule has 5 rings (SSSR count). The number of morpholine rings is 1. The molecule has 0 saturated carbocycles. The number of para-hydroxylation sites is 3. The van der Waals surface area contributed by atoms with Crippen LogP contribution in [-0.4, -0.2) is 62.3 Å². The minimum absolute atomic E-state index is 0.121. The van der Waals surface area contributed by atoms with Gasteiger partial charge in [-0.3, -0.25) is 9.59 Å². The minimum Gasteiger partial charge on any atom is -0.488 e. The normalized spacial score (nSPS) is 20.3. The number of carbonyl (C=O) groups is 2. The van der Waals surface area contributed by atoms with Crippen molar-refractivity contribution in [3.8, 4) is 11.5 Å². The average molecular weight is 406 g/mol. The smallest absolute Gasteiger partial charge is 0.265 e. The Hall–Kier alpha value is -3.32. The molecule has 1 fully saturated rings. The third-order valence-corrected chi connectivity index (χ3v) is 5.52. The largest absolute Gasteiger partial charge is 0.488 e. The van der Waals surface area contributed by atoms with E-state index in [-0.39, 0.29) is 25.0 Å². The Morgan fingerprint density at radius 2 is 1.67 bits per heavy atom. The maximum atomic E-state index is 13.4. The van der Waals surface area contributed by atoms with Crippen LogP contribution in [0.15, 0.2) is 54.1 Å². The highest BCUT2D eigenvalue weighted by Crippen LogP contribution is 2.35. The summed E-state index contributed by atoms with van der Waals surface area (Å²) < 4.78 is 17.1. The molecule has 1 saturated heterocycles. The number of amides is 2. The first-order valence-electron chi connectivity index (χ1n) is 10.1. The van der Waals surface area contributed by atoms with E-state index in [1.54, 1.807) is 15.9 Å². The first-order valence-corrected chi connectivity index (χ1v) is 10.1. The lowest BCUT2D eigenvalue weighted by Crippen LogP contribution is -2.54. The van der Waals surface area contributed by atoms with Crippen molar-refractivity contribution in [1.29, 1.82) is 0 Å². The summed E-state index contributed by atoms with van der Waals surface area (Å²) in [5.41, 5.74) is 2.07. The summed E-state index contributed by atoms with van der Waals surface area (Å²) >= 11 is 0. The van der Waals surface area contributed by atoms with E-state index in [1.165, 1.54) is 0 Å². The highest BCUT2D eigenvalue weighted by molar-refractivity contribution is 6.10. The molecule has 0 bridgehead atoms. The van der Waals surface area contributed by atoms with Gasteiger partial charge in [0.05, 0.1) is 31.0 Å². The van der Waals surface area contributed by atoms with Crippen LogP contribution in [0.3, 0.4) is 0 Å². The molecule has 0 spiro atoms. The van der Waals surface area contributed by atoms with Gasteiger partial charge in [-0.25, -0.2) is 0 Å². The van der Waals surface area contributed by atoms with Gasteiger partial charge in [-0.2, -0.15) is 0 Å². The molecule has 0 radical (unpaired) electrons. The van der Waals surface area contributed by atoms with E-state index >= 15 is 0 Å². The van der Waals surface area contributed by atoms with Gasteiger partial charge in [0.25, 0.3) is 11.8 Å². The van der Waals surface area contributed by atoms with Gasteiger partial charge in [0.1, 0.15) is 18.1 Å². The quantitative estimate of drug-likeness (QED) is 0.764.